The van der Waals surface area contributed by atoms with Crippen LogP contribution in [-0.2, 0) is 21.3 Å². The lowest BCUT2D eigenvalue weighted by Crippen LogP contribution is -2.29. The normalized spacial score (nSPS) is 11.0. The molecule has 0 aliphatic heterocycles. The number of carbonyl (C=O) groups excluding carboxylic acids is 2. The molecule has 1 amide bonds. The largest absolute Gasteiger partial charge is 0.465 e. The first-order valence-corrected chi connectivity index (χ1v) is 12.2. The number of amides is 1. The molecule has 0 aliphatic carbocycles. The Morgan fingerprint density at radius 1 is 0.939 bits per heavy atom. The lowest BCUT2D eigenvalue weighted by Gasteiger charge is -2.23. The molecule has 3 aromatic rings. The van der Waals surface area contributed by atoms with Crippen molar-refractivity contribution >= 4 is 56.5 Å². The summed E-state index contributed by atoms with van der Waals surface area (Å²) in [5.41, 5.74) is 1.83. The van der Waals surface area contributed by atoms with Gasteiger partial charge in [-0.2, -0.15) is 0 Å². The van der Waals surface area contributed by atoms with Gasteiger partial charge in [0.15, 0.2) is 0 Å². The van der Waals surface area contributed by atoms with Crippen molar-refractivity contribution in [3.05, 3.63) is 93.5 Å². The van der Waals surface area contributed by atoms with Crippen LogP contribution in [0.1, 0.15) is 26.3 Å². The predicted molar refractivity (Wildman–Crippen MR) is 130 cm³/mol. The third kappa shape index (κ3) is 6.04. The smallest absolute Gasteiger partial charge is 0.337 e. The highest BCUT2D eigenvalue weighted by Gasteiger charge is 2.21. The molecule has 7 nitrogen and oxygen atoms in total. The van der Waals surface area contributed by atoms with Gasteiger partial charge in [-0.3, -0.25) is 9.10 Å². The second-order valence-electron chi connectivity index (χ2n) is 7.04. The maximum Gasteiger partial charge on any atom is 0.337 e. The number of carbonyl (C=O) groups is 2. The molecule has 0 unspecified atom stereocenters. The number of nitrogens with one attached hydrogen (secondary N) is 1. The molecular formula is C23H20Cl2N2O5S. The molecule has 33 heavy (non-hydrogen) atoms. The van der Waals surface area contributed by atoms with Gasteiger partial charge >= 0.3 is 5.97 Å². The van der Waals surface area contributed by atoms with Crippen LogP contribution in [-0.4, -0.2) is 33.7 Å². The summed E-state index contributed by atoms with van der Waals surface area (Å²) in [6.45, 7) is -0.0663. The van der Waals surface area contributed by atoms with E-state index in [1.165, 1.54) is 37.4 Å². The summed E-state index contributed by atoms with van der Waals surface area (Å²) in [6.07, 6.45) is 1.08. The fraction of sp³-hybridized carbons (Fsp3) is 0.130. The monoisotopic (exact) mass is 506 g/mol. The molecule has 0 radical (unpaired) electrons. The van der Waals surface area contributed by atoms with Crippen LogP contribution in [0.25, 0.3) is 0 Å². The van der Waals surface area contributed by atoms with E-state index in [2.05, 4.69) is 10.1 Å². The van der Waals surface area contributed by atoms with Crippen molar-refractivity contribution in [2.75, 3.05) is 23.0 Å². The number of esters is 1. The summed E-state index contributed by atoms with van der Waals surface area (Å²) in [5, 5.41) is 3.39. The number of anilines is 2. The van der Waals surface area contributed by atoms with E-state index in [1.807, 2.05) is 0 Å². The number of rotatable bonds is 7. The molecule has 1 N–H and O–H groups in total. The van der Waals surface area contributed by atoms with Crippen LogP contribution in [0.3, 0.4) is 0 Å². The van der Waals surface area contributed by atoms with Gasteiger partial charge in [-0.05, 0) is 54.6 Å². The Morgan fingerprint density at radius 3 is 2.12 bits per heavy atom. The average Bonchev–Trinajstić information content (AvgIpc) is 2.78. The molecule has 0 atom stereocenters. The number of methoxy groups -OCH3 is 1. The highest BCUT2D eigenvalue weighted by Crippen LogP contribution is 2.29. The van der Waals surface area contributed by atoms with Crippen LogP contribution in [0.2, 0.25) is 10.0 Å². The van der Waals surface area contributed by atoms with Gasteiger partial charge < -0.3 is 10.1 Å². The van der Waals surface area contributed by atoms with Gasteiger partial charge in [-0.15, -0.1) is 0 Å². The van der Waals surface area contributed by atoms with Crippen LogP contribution in [0.15, 0.2) is 66.7 Å². The van der Waals surface area contributed by atoms with E-state index in [0.29, 0.717) is 38.1 Å². The van der Waals surface area contributed by atoms with E-state index in [4.69, 9.17) is 23.2 Å². The molecule has 0 saturated heterocycles. The fourth-order valence-corrected chi connectivity index (χ4v) is 4.44. The molecule has 0 heterocycles. The SMILES string of the molecule is COC(=O)c1cccc(NC(=O)c2ccc(N(Cc3c(Cl)cccc3Cl)S(C)(=O)=O)cc2)c1. The topological polar surface area (TPSA) is 92.8 Å². The molecule has 10 heteroatoms. The molecule has 0 spiro atoms. The summed E-state index contributed by atoms with van der Waals surface area (Å²) >= 11 is 12.4. The van der Waals surface area contributed by atoms with Crippen molar-refractivity contribution in [1.82, 2.24) is 0 Å². The fourth-order valence-electron chi connectivity index (χ4n) is 3.05. The van der Waals surface area contributed by atoms with Gasteiger partial charge in [0, 0.05) is 26.9 Å². The van der Waals surface area contributed by atoms with Crippen LogP contribution in [0.5, 0.6) is 0 Å². The number of benzene rings is 3. The number of nitrogens with zero attached hydrogens (tertiary/aromatic N) is 1. The maximum atomic E-state index is 12.6. The lowest BCUT2D eigenvalue weighted by molar-refractivity contribution is 0.0600. The zero-order chi connectivity index (χ0) is 24.2. The predicted octanol–water partition coefficient (Wildman–Crippen LogP) is 5.00. The third-order valence-electron chi connectivity index (χ3n) is 4.72. The Morgan fingerprint density at radius 2 is 1.55 bits per heavy atom. The number of hydrogen-bond acceptors (Lipinski definition) is 5. The van der Waals surface area contributed by atoms with E-state index in [-0.39, 0.29) is 6.54 Å². The van der Waals surface area contributed by atoms with Gasteiger partial charge in [0.05, 0.1) is 31.2 Å². The van der Waals surface area contributed by atoms with Crippen LogP contribution in [0, 0.1) is 0 Å². The third-order valence-corrected chi connectivity index (χ3v) is 6.57. The van der Waals surface area contributed by atoms with Crippen molar-refractivity contribution in [3.8, 4) is 0 Å². The Bertz CT molecular complexity index is 1270. The second-order valence-corrected chi connectivity index (χ2v) is 9.76. The molecule has 0 aromatic heterocycles. The minimum Gasteiger partial charge on any atom is -0.465 e. The summed E-state index contributed by atoms with van der Waals surface area (Å²) in [6, 6.07) is 17.3. The highest BCUT2D eigenvalue weighted by molar-refractivity contribution is 7.92. The van der Waals surface area contributed by atoms with Crippen LogP contribution >= 0.6 is 23.2 Å². The zero-order valence-corrected chi connectivity index (χ0v) is 20.0. The Balaban J connectivity index is 1.82. The van der Waals surface area contributed by atoms with E-state index in [1.54, 1.807) is 36.4 Å². The van der Waals surface area contributed by atoms with Gasteiger partial charge in [0.25, 0.3) is 5.91 Å². The number of ether oxygens (including phenoxy) is 1. The van der Waals surface area contributed by atoms with Crippen molar-refractivity contribution in [2.24, 2.45) is 0 Å². The first-order valence-electron chi connectivity index (χ1n) is 9.60. The number of halogens is 2. The average molecular weight is 507 g/mol. The molecule has 0 fully saturated rings. The second kappa shape index (κ2) is 10.2. The molecule has 172 valence electrons. The molecule has 3 aromatic carbocycles. The summed E-state index contributed by atoms with van der Waals surface area (Å²) in [4.78, 5) is 24.3. The van der Waals surface area contributed by atoms with Crippen molar-refractivity contribution in [2.45, 2.75) is 6.54 Å². The van der Waals surface area contributed by atoms with Gasteiger partial charge in [-0.25, -0.2) is 13.2 Å². The van der Waals surface area contributed by atoms with Crippen molar-refractivity contribution in [3.63, 3.8) is 0 Å². The highest BCUT2D eigenvalue weighted by atomic mass is 35.5. The van der Waals surface area contributed by atoms with Crippen molar-refractivity contribution < 1.29 is 22.7 Å². The quantitative estimate of drug-likeness (QED) is 0.455. The number of hydrogen-bond donors (Lipinski definition) is 1. The van der Waals surface area contributed by atoms with E-state index in [9.17, 15) is 18.0 Å². The summed E-state index contributed by atoms with van der Waals surface area (Å²) in [5.74, 6) is -0.946. The van der Waals surface area contributed by atoms with Crippen LogP contribution < -0.4 is 9.62 Å². The lowest BCUT2D eigenvalue weighted by atomic mass is 10.1. The minimum absolute atomic E-state index is 0.0663. The number of sulfonamides is 1. The van der Waals surface area contributed by atoms with Gasteiger partial charge in [0.1, 0.15) is 0 Å². The standard InChI is InChI=1S/C23H20Cl2N2O5S/c1-32-23(29)16-5-3-6-17(13-16)26-22(28)15-9-11-18(12-10-15)27(33(2,30)31)14-19-20(24)7-4-8-21(19)25/h3-13H,14H2,1-2H3,(H,26,28). The molecule has 0 aliphatic rings. The molecule has 0 saturated carbocycles. The zero-order valence-electron chi connectivity index (χ0n) is 17.7. The van der Waals surface area contributed by atoms with Gasteiger partial charge in [-0.1, -0.05) is 35.3 Å². The Hall–Kier alpha value is -3.07. The molecular weight excluding hydrogens is 487 g/mol. The van der Waals surface area contributed by atoms with Crippen molar-refractivity contribution in [1.29, 1.82) is 0 Å². The Kier molecular flexibility index (Phi) is 7.63. The van der Waals surface area contributed by atoms with Gasteiger partial charge in [0.2, 0.25) is 10.0 Å². The van der Waals surface area contributed by atoms with E-state index in [0.717, 1.165) is 10.6 Å². The van der Waals surface area contributed by atoms with Crippen LogP contribution in [0.4, 0.5) is 11.4 Å². The Labute approximate surface area is 201 Å². The summed E-state index contributed by atoms with van der Waals surface area (Å²) in [7, 11) is -2.40. The minimum atomic E-state index is -3.68. The van der Waals surface area contributed by atoms with E-state index >= 15 is 0 Å². The summed E-state index contributed by atoms with van der Waals surface area (Å²) < 4.78 is 30.7. The van der Waals surface area contributed by atoms with E-state index < -0.39 is 21.9 Å². The molecule has 3 rings (SSSR count). The first kappa shape index (κ1) is 24.6. The molecule has 0 bridgehead atoms. The maximum absolute atomic E-state index is 12.6. The first-order chi connectivity index (χ1) is 15.6.